The third kappa shape index (κ3) is 3.02. The van der Waals surface area contributed by atoms with Crippen LogP contribution in [0.2, 0.25) is 0 Å². The second-order valence-corrected chi connectivity index (χ2v) is 7.98. The van der Waals surface area contributed by atoms with Crippen molar-refractivity contribution in [2.45, 2.75) is 0 Å². The maximum absolute atomic E-state index is 9.80. The second-order valence-electron chi connectivity index (χ2n) is 6.89. The van der Waals surface area contributed by atoms with E-state index in [-0.39, 0.29) is 0 Å². The predicted molar refractivity (Wildman–Crippen MR) is 120 cm³/mol. The van der Waals surface area contributed by atoms with Crippen LogP contribution in [-0.2, 0) is 0 Å². The molecule has 2 N–H and O–H groups in total. The van der Waals surface area contributed by atoms with E-state index >= 15 is 0 Å². The zero-order valence-corrected chi connectivity index (χ0v) is 15.9. The van der Waals surface area contributed by atoms with Crippen LogP contribution >= 0.6 is 11.3 Å². The highest BCUT2D eigenvalue weighted by molar-refractivity contribution is 7.25. The molecule has 0 unspecified atom stereocenters. The van der Waals surface area contributed by atoms with Crippen LogP contribution in [0.3, 0.4) is 0 Å². The molecule has 0 saturated heterocycles. The molecule has 0 spiro atoms. The topological polar surface area (TPSA) is 40.5 Å². The molecule has 0 atom stereocenters. The third-order valence-corrected chi connectivity index (χ3v) is 6.22. The first-order valence-corrected chi connectivity index (χ1v) is 9.99. The minimum atomic E-state index is -1.51. The van der Waals surface area contributed by atoms with Gasteiger partial charge in [-0.2, -0.15) is 0 Å². The van der Waals surface area contributed by atoms with Crippen LogP contribution < -0.4 is 5.46 Å². The lowest BCUT2D eigenvalue weighted by Crippen LogP contribution is -2.29. The van der Waals surface area contributed by atoms with E-state index in [1.165, 1.54) is 20.2 Å². The van der Waals surface area contributed by atoms with Crippen LogP contribution in [0.15, 0.2) is 91.0 Å². The summed E-state index contributed by atoms with van der Waals surface area (Å²) >= 11 is 1.79. The van der Waals surface area contributed by atoms with Crippen LogP contribution in [-0.4, -0.2) is 17.2 Å². The first kappa shape index (κ1) is 17.2. The summed E-state index contributed by atoms with van der Waals surface area (Å²) in [6.45, 7) is 0. The highest BCUT2D eigenvalue weighted by atomic mass is 32.1. The molecule has 1 aromatic heterocycles. The summed E-state index contributed by atoms with van der Waals surface area (Å²) in [7, 11) is -1.51. The van der Waals surface area contributed by atoms with Crippen molar-refractivity contribution in [2.75, 3.05) is 0 Å². The van der Waals surface area contributed by atoms with Gasteiger partial charge in [-0.3, -0.25) is 0 Å². The van der Waals surface area contributed by atoms with Crippen molar-refractivity contribution in [1.29, 1.82) is 0 Å². The lowest BCUT2D eigenvalue weighted by molar-refractivity contribution is 0.426. The van der Waals surface area contributed by atoms with Gasteiger partial charge in [0.1, 0.15) is 0 Å². The highest BCUT2D eigenvalue weighted by Gasteiger charge is 2.15. The van der Waals surface area contributed by atoms with Crippen molar-refractivity contribution < 1.29 is 10.0 Å². The van der Waals surface area contributed by atoms with E-state index in [9.17, 15) is 10.0 Å². The Morgan fingerprint density at radius 1 is 0.536 bits per heavy atom. The second kappa shape index (κ2) is 6.91. The van der Waals surface area contributed by atoms with Gasteiger partial charge in [0.05, 0.1) is 0 Å². The van der Waals surface area contributed by atoms with Gasteiger partial charge in [-0.25, -0.2) is 0 Å². The summed E-state index contributed by atoms with van der Waals surface area (Å²) in [5, 5.41) is 22.1. The summed E-state index contributed by atoms with van der Waals surface area (Å²) in [6.07, 6.45) is 0. The lowest BCUT2D eigenvalue weighted by atomic mass is 9.77. The lowest BCUT2D eigenvalue weighted by Gasteiger charge is -2.11. The van der Waals surface area contributed by atoms with Crippen molar-refractivity contribution in [3.05, 3.63) is 91.0 Å². The van der Waals surface area contributed by atoms with Crippen LogP contribution in [0.4, 0.5) is 0 Å². The smallest absolute Gasteiger partial charge is 0.423 e. The van der Waals surface area contributed by atoms with E-state index in [0.29, 0.717) is 5.46 Å². The summed E-state index contributed by atoms with van der Waals surface area (Å²) < 4.78 is 2.53. The summed E-state index contributed by atoms with van der Waals surface area (Å²) in [6, 6.07) is 30.7. The van der Waals surface area contributed by atoms with E-state index in [1.807, 2.05) is 42.5 Å². The molecular weight excluding hydrogens is 363 g/mol. The number of benzene rings is 4. The molecule has 0 amide bonds. The van der Waals surface area contributed by atoms with Gasteiger partial charge < -0.3 is 10.0 Å². The van der Waals surface area contributed by atoms with Crippen LogP contribution in [0.25, 0.3) is 42.4 Å². The molecule has 0 saturated carbocycles. The molecule has 2 nitrogen and oxygen atoms in total. The van der Waals surface area contributed by atoms with Gasteiger partial charge in [0.2, 0.25) is 0 Å². The van der Waals surface area contributed by atoms with Gasteiger partial charge in [-0.05, 0) is 52.0 Å². The third-order valence-electron chi connectivity index (χ3n) is 5.07. The molecule has 0 aliphatic carbocycles. The minimum Gasteiger partial charge on any atom is -0.423 e. The quantitative estimate of drug-likeness (QED) is 0.429. The Bertz CT molecular complexity index is 1290. The number of fused-ring (bicyclic) bond motifs is 3. The van der Waals surface area contributed by atoms with Gasteiger partial charge >= 0.3 is 7.12 Å². The molecule has 5 aromatic rings. The molecule has 1 heterocycles. The molecule has 0 aliphatic rings. The zero-order chi connectivity index (χ0) is 19.1. The molecule has 0 fully saturated rings. The van der Waals surface area contributed by atoms with Crippen LogP contribution in [0.1, 0.15) is 0 Å². The number of hydrogen-bond donors (Lipinski definition) is 2. The first-order valence-electron chi connectivity index (χ1n) is 9.17. The number of hydrogen-bond acceptors (Lipinski definition) is 3. The Balaban J connectivity index is 1.71. The molecule has 134 valence electrons. The van der Waals surface area contributed by atoms with E-state index in [1.54, 1.807) is 11.3 Å². The van der Waals surface area contributed by atoms with Gasteiger partial charge in [0.15, 0.2) is 0 Å². The zero-order valence-electron chi connectivity index (χ0n) is 15.0. The van der Waals surface area contributed by atoms with Crippen molar-refractivity contribution >= 4 is 44.1 Å². The molecule has 4 heteroatoms. The molecule has 0 aliphatic heterocycles. The SMILES string of the molecule is OB(O)c1cc(-c2ccccc2)cc(-c2ccc3sc4ccccc4c3c2)c1. The molecular formula is C24H17BO2S. The molecule has 5 rings (SSSR count). The maximum atomic E-state index is 9.80. The van der Waals surface area contributed by atoms with Crippen LogP contribution in [0.5, 0.6) is 0 Å². The highest BCUT2D eigenvalue weighted by Crippen LogP contribution is 2.36. The summed E-state index contributed by atoms with van der Waals surface area (Å²) in [5.74, 6) is 0. The van der Waals surface area contributed by atoms with Crippen molar-refractivity contribution in [3.63, 3.8) is 0 Å². The number of thiophene rings is 1. The van der Waals surface area contributed by atoms with Crippen LogP contribution in [0, 0.1) is 0 Å². The van der Waals surface area contributed by atoms with E-state index < -0.39 is 7.12 Å². The van der Waals surface area contributed by atoms with Gasteiger partial charge in [0, 0.05) is 20.2 Å². The van der Waals surface area contributed by atoms with Gasteiger partial charge in [-0.1, -0.05) is 66.7 Å². The largest absolute Gasteiger partial charge is 0.488 e. The fraction of sp³-hybridized carbons (Fsp3) is 0. The Morgan fingerprint density at radius 3 is 2.00 bits per heavy atom. The van der Waals surface area contributed by atoms with Crippen molar-refractivity contribution in [2.24, 2.45) is 0 Å². The average Bonchev–Trinajstić information content (AvgIpc) is 3.12. The normalized spacial score (nSPS) is 11.2. The minimum absolute atomic E-state index is 0.492. The molecule has 0 bridgehead atoms. The molecule has 4 aromatic carbocycles. The average molecular weight is 380 g/mol. The Labute approximate surface area is 167 Å². The fourth-order valence-electron chi connectivity index (χ4n) is 3.67. The van der Waals surface area contributed by atoms with Crippen molar-refractivity contribution in [3.8, 4) is 22.3 Å². The van der Waals surface area contributed by atoms with E-state index in [4.69, 9.17) is 0 Å². The van der Waals surface area contributed by atoms with Gasteiger partial charge in [0.25, 0.3) is 0 Å². The molecule has 0 radical (unpaired) electrons. The Hall–Kier alpha value is -2.92. The summed E-state index contributed by atoms with van der Waals surface area (Å²) in [5.41, 5.74) is 4.55. The standard InChI is InChI=1S/C24H17BO2S/c26-25(27)20-13-18(16-6-2-1-3-7-16)12-19(14-20)17-10-11-24-22(15-17)21-8-4-5-9-23(21)28-24/h1-15,26-27H. The predicted octanol–water partition coefficient (Wildman–Crippen LogP) is 5.07. The van der Waals surface area contributed by atoms with E-state index in [0.717, 1.165) is 22.3 Å². The monoisotopic (exact) mass is 380 g/mol. The van der Waals surface area contributed by atoms with E-state index in [2.05, 4.69) is 48.5 Å². The summed E-state index contributed by atoms with van der Waals surface area (Å²) in [4.78, 5) is 0. The number of rotatable bonds is 3. The Morgan fingerprint density at radius 2 is 1.21 bits per heavy atom. The molecule has 28 heavy (non-hydrogen) atoms. The Kier molecular flexibility index (Phi) is 4.25. The van der Waals surface area contributed by atoms with Gasteiger partial charge in [-0.15, -0.1) is 11.3 Å². The fourth-order valence-corrected chi connectivity index (χ4v) is 4.76. The maximum Gasteiger partial charge on any atom is 0.488 e. The first-order chi connectivity index (χ1) is 13.7. The van der Waals surface area contributed by atoms with Crippen molar-refractivity contribution in [1.82, 2.24) is 0 Å².